The normalized spacial score (nSPS) is 14.0. The topological polar surface area (TPSA) is 102 Å². The Morgan fingerprint density at radius 3 is 2.68 bits per heavy atom. The van der Waals surface area contributed by atoms with Crippen LogP contribution in [-0.4, -0.2) is 26.4 Å². The first-order chi connectivity index (χ1) is 13.3. The van der Waals surface area contributed by atoms with Gasteiger partial charge in [0, 0.05) is 16.5 Å². The summed E-state index contributed by atoms with van der Waals surface area (Å²) in [5.41, 5.74) is 6.74. The number of nitrogens with two attached hydrogens (primary N) is 1. The number of carbonyl (C=O) groups excluding carboxylic acids is 2. The van der Waals surface area contributed by atoms with Crippen molar-refractivity contribution in [3.8, 4) is 0 Å². The number of aromatic nitrogens is 3. The van der Waals surface area contributed by atoms with Crippen molar-refractivity contribution in [1.82, 2.24) is 14.6 Å². The molecule has 0 radical (unpaired) electrons. The number of primary amides is 1. The fourth-order valence-corrected chi connectivity index (χ4v) is 4.15. The van der Waals surface area contributed by atoms with Crippen molar-refractivity contribution in [2.75, 3.05) is 5.32 Å². The zero-order valence-corrected chi connectivity index (χ0v) is 15.9. The van der Waals surface area contributed by atoms with Crippen LogP contribution >= 0.6 is 11.3 Å². The van der Waals surface area contributed by atoms with Gasteiger partial charge in [0.05, 0.1) is 11.8 Å². The Kier molecular flexibility index (Phi) is 4.37. The third kappa shape index (κ3) is 3.03. The largest absolute Gasteiger partial charge is 0.365 e. The molecule has 1 fully saturated rings. The summed E-state index contributed by atoms with van der Waals surface area (Å²) in [6.45, 7) is 3.56. The lowest BCUT2D eigenvalue weighted by Gasteiger charge is -2.08. The Labute approximate surface area is 162 Å². The number of halogens is 2. The molecule has 0 atom stereocenters. The Morgan fingerprint density at radius 2 is 2.07 bits per heavy atom. The molecule has 146 valence electrons. The number of amides is 2. The average molecular weight is 405 g/mol. The van der Waals surface area contributed by atoms with Gasteiger partial charge >= 0.3 is 0 Å². The van der Waals surface area contributed by atoms with Crippen LogP contribution in [0.15, 0.2) is 12.3 Å². The molecule has 4 rings (SSSR count). The Hall–Kier alpha value is -2.88. The maximum absolute atomic E-state index is 13.5. The summed E-state index contributed by atoms with van der Waals surface area (Å²) in [5, 5.41) is 6.91. The Bertz CT molecular complexity index is 1120. The van der Waals surface area contributed by atoms with E-state index < -0.39 is 18.2 Å². The van der Waals surface area contributed by atoms with Crippen molar-refractivity contribution in [2.45, 2.75) is 39.0 Å². The smallest absolute Gasteiger partial charge is 0.280 e. The molecule has 0 bridgehead atoms. The zero-order valence-electron chi connectivity index (χ0n) is 15.1. The first-order valence-corrected chi connectivity index (χ1v) is 9.47. The molecule has 1 saturated carbocycles. The van der Waals surface area contributed by atoms with Crippen molar-refractivity contribution >= 4 is 33.8 Å². The number of thiophene rings is 1. The molecular formula is C18H17F2N5O2S. The summed E-state index contributed by atoms with van der Waals surface area (Å²) in [4.78, 5) is 29.8. The van der Waals surface area contributed by atoms with Crippen LogP contribution in [-0.2, 0) is 0 Å². The molecule has 3 aromatic heterocycles. The van der Waals surface area contributed by atoms with E-state index in [1.807, 2.05) is 6.92 Å². The van der Waals surface area contributed by atoms with Crippen LogP contribution in [0.25, 0.3) is 5.65 Å². The number of hydrogen-bond donors (Lipinski definition) is 2. The van der Waals surface area contributed by atoms with Crippen LogP contribution in [0.4, 0.5) is 13.8 Å². The molecule has 0 spiro atoms. The van der Waals surface area contributed by atoms with Crippen molar-refractivity contribution < 1.29 is 18.4 Å². The molecule has 0 saturated heterocycles. The number of alkyl halides is 2. The van der Waals surface area contributed by atoms with E-state index in [0.29, 0.717) is 16.3 Å². The number of fused-ring (bicyclic) bond motifs is 1. The van der Waals surface area contributed by atoms with Crippen LogP contribution in [0.5, 0.6) is 0 Å². The molecule has 2 amide bonds. The number of hydrogen-bond acceptors (Lipinski definition) is 5. The number of nitrogens with one attached hydrogen (secondary N) is 1. The number of anilines is 1. The molecule has 0 aliphatic heterocycles. The van der Waals surface area contributed by atoms with Gasteiger partial charge in [-0.1, -0.05) is 0 Å². The molecule has 0 unspecified atom stereocenters. The summed E-state index contributed by atoms with van der Waals surface area (Å²) in [6.07, 6.45) is 0.231. The second-order valence-electron chi connectivity index (χ2n) is 6.78. The summed E-state index contributed by atoms with van der Waals surface area (Å²) < 4.78 is 27.9. The fourth-order valence-electron chi connectivity index (χ4n) is 3.09. The molecule has 10 heteroatoms. The quantitative estimate of drug-likeness (QED) is 0.677. The summed E-state index contributed by atoms with van der Waals surface area (Å²) in [6, 6.07) is 1.35. The number of carbonyl (C=O) groups is 2. The van der Waals surface area contributed by atoms with Crippen molar-refractivity contribution in [3.63, 3.8) is 0 Å². The molecule has 3 heterocycles. The van der Waals surface area contributed by atoms with E-state index in [2.05, 4.69) is 15.4 Å². The summed E-state index contributed by atoms with van der Waals surface area (Å²) >= 11 is 1.23. The zero-order chi connectivity index (χ0) is 20.2. The molecule has 1 aliphatic carbocycles. The minimum Gasteiger partial charge on any atom is -0.365 e. The van der Waals surface area contributed by atoms with E-state index in [4.69, 9.17) is 5.73 Å². The predicted octanol–water partition coefficient (Wildman–Crippen LogP) is 3.57. The number of aryl methyl sites for hydroxylation is 1. The van der Waals surface area contributed by atoms with Crippen LogP contribution < -0.4 is 11.1 Å². The van der Waals surface area contributed by atoms with Crippen molar-refractivity contribution in [3.05, 3.63) is 45.2 Å². The standard InChI is InChI=1S/C18H17F2N5O2S/c1-7-8(2)28-18(13(7)15(21)26)24-17(27)10-6-22-25-12(14(19)20)5-11(9-3-4-9)23-16(10)25/h5-6,9,14H,3-4H2,1-2H3,(H2,21,26)(H,24,27). The Morgan fingerprint density at radius 1 is 1.36 bits per heavy atom. The van der Waals surface area contributed by atoms with Gasteiger partial charge in [-0.15, -0.1) is 11.3 Å². The van der Waals surface area contributed by atoms with Gasteiger partial charge in [-0.05, 0) is 38.3 Å². The molecule has 1 aliphatic rings. The highest BCUT2D eigenvalue weighted by Gasteiger charge is 2.29. The molecule has 7 nitrogen and oxygen atoms in total. The third-order valence-electron chi connectivity index (χ3n) is 4.84. The van der Waals surface area contributed by atoms with Gasteiger partial charge in [-0.25, -0.2) is 18.3 Å². The van der Waals surface area contributed by atoms with Crippen molar-refractivity contribution in [1.29, 1.82) is 0 Å². The lowest BCUT2D eigenvalue weighted by Crippen LogP contribution is -2.17. The van der Waals surface area contributed by atoms with E-state index in [0.717, 1.165) is 22.2 Å². The van der Waals surface area contributed by atoms with E-state index in [-0.39, 0.29) is 28.4 Å². The van der Waals surface area contributed by atoms with E-state index in [1.54, 1.807) is 6.92 Å². The summed E-state index contributed by atoms with van der Waals surface area (Å²) in [5.74, 6) is -1.09. The molecule has 3 aromatic rings. The van der Waals surface area contributed by atoms with Gasteiger partial charge in [0.2, 0.25) is 0 Å². The minimum atomic E-state index is -2.75. The highest BCUT2D eigenvalue weighted by molar-refractivity contribution is 7.16. The summed E-state index contributed by atoms with van der Waals surface area (Å²) in [7, 11) is 0. The average Bonchev–Trinajstić information content (AvgIpc) is 3.32. The van der Waals surface area contributed by atoms with E-state index in [9.17, 15) is 18.4 Å². The second-order valence-corrected chi connectivity index (χ2v) is 8.00. The van der Waals surface area contributed by atoms with Gasteiger partial charge in [-0.2, -0.15) is 5.10 Å². The minimum absolute atomic E-state index is 0.0588. The maximum atomic E-state index is 13.5. The maximum Gasteiger partial charge on any atom is 0.280 e. The second kappa shape index (κ2) is 6.62. The SMILES string of the molecule is Cc1sc(NC(=O)c2cnn3c(C(F)F)cc(C4CC4)nc23)c(C(N)=O)c1C. The molecular weight excluding hydrogens is 388 g/mol. The van der Waals surface area contributed by atoms with Gasteiger partial charge in [0.1, 0.15) is 16.3 Å². The van der Waals surface area contributed by atoms with Gasteiger partial charge in [0.25, 0.3) is 18.2 Å². The third-order valence-corrected chi connectivity index (χ3v) is 5.96. The lowest BCUT2D eigenvalue weighted by atomic mass is 10.1. The fraction of sp³-hybridized carbons (Fsp3) is 0.333. The van der Waals surface area contributed by atoms with Crippen LogP contribution in [0.2, 0.25) is 0 Å². The van der Waals surface area contributed by atoms with E-state index in [1.165, 1.54) is 23.6 Å². The van der Waals surface area contributed by atoms with Gasteiger partial charge in [0.15, 0.2) is 5.65 Å². The van der Waals surface area contributed by atoms with Crippen LogP contribution in [0.3, 0.4) is 0 Å². The number of nitrogens with zero attached hydrogens (tertiary/aromatic N) is 3. The van der Waals surface area contributed by atoms with Gasteiger partial charge < -0.3 is 11.1 Å². The van der Waals surface area contributed by atoms with Crippen molar-refractivity contribution in [2.24, 2.45) is 5.73 Å². The molecule has 28 heavy (non-hydrogen) atoms. The first-order valence-electron chi connectivity index (χ1n) is 8.65. The lowest BCUT2D eigenvalue weighted by molar-refractivity contribution is 0.100. The van der Waals surface area contributed by atoms with Crippen LogP contribution in [0, 0.1) is 13.8 Å². The predicted molar refractivity (Wildman–Crippen MR) is 100 cm³/mol. The molecule has 3 N–H and O–H groups in total. The highest BCUT2D eigenvalue weighted by atomic mass is 32.1. The van der Waals surface area contributed by atoms with Gasteiger partial charge in [-0.3, -0.25) is 9.59 Å². The first kappa shape index (κ1) is 18.5. The van der Waals surface area contributed by atoms with E-state index >= 15 is 0 Å². The number of rotatable bonds is 5. The monoisotopic (exact) mass is 405 g/mol. The Balaban J connectivity index is 1.76. The highest BCUT2D eigenvalue weighted by Crippen LogP contribution is 2.40. The molecule has 0 aromatic carbocycles. The van der Waals surface area contributed by atoms with Crippen LogP contribution in [0.1, 0.15) is 67.7 Å².